The Morgan fingerprint density at radius 2 is 1.03 bits per heavy atom. The van der Waals surface area contributed by atoms with E-state index in [1.807, 2.05) is 27.7 Å². The second-order valence-electron chi connectivity index (χ2n) is 21.7. The van der Waals surface area contributed by atoms with Crippen LogP contribution in [0.1, 0.15) is 228 Å². The van der Waals surface area contributed by atoms with E-state index >= 15 is 0 Å². The molecule has 2 aromatic carbocycles. The van der Waals surface area contributed by atoms with E-state index in [1.165, 1.54) is 137 Å². The quantitative estimate of drug-likeness (QED) is 0.116. The van der Waals surface area contributed by atoms with Gasteiger partial charge in [0.25, 0.3) is 12.4 Å². The molecule has 4 saturated carbocycles. The van der Waals surface area contributed by atoms with Gasteiger partial charge in [-0.25, -0.2) is 4.89 Å². The zero-order chi connectivity index (χ0) is 56.5. The maximum atomic E-state index is 9.70. The molecule has 10 nitrogen and oxygen atoms in total. The van der Waals surface area contributed by atoms with Crippen LogP contribution in [0, 0.1) is 107 Å². The summed E-state index contributed by atoms with van der Waals surface area (Å²) in [4.78, 5) is 42.1. The zero-order valence-electron chi connectivity index (χ0n) is 50.5. The van der Waals surface area contributed by atoms with E-state index in [-0.39, 0.29) is 40.2 Å². The molecule has 0 saturated heterocycles. The molecule has 0 heterocycles. The Bertz CT molecular complexity index is 1680. The Morgan fingerprint density at radius 1 is 0.653 bits per heavy atom. The molecule has 6 rings (SSSR count). The van der Waals surface area contributed by atoms with Gasteiger partial charge in [0.1, 0.15) is 0 Å². The molecule has 4 N–H and O–H groups in total. The minimum atomic E-state index is -0.833. The number of carboxylic acids is 1. The van der Waals surface area contributed by atoms with Crippen molar-refractivity contribution in [1.82, 2.24) is 10.6 Å². The number of rotatable bonds is 8. The van der Waals surface area contributed by atoms with Crippen molar-refractivity contribution in [3.8, 4) is 0 Å². The van der Waals surface area contributed by atoms with Crippen molar-refractivity contribution in [2.45, 2.75) is 244 Å². The van der Waals surface area contributed by atoms with E-state index in [0.29, 0.717) is 23.2 Å². The lowest BCUT2D eigenvalue weighted by atomic mass is 9.44. The summed E-state index contributed by atoms with van der Waals surface area (Å²) >= 11 is 0. The summed E-state index contributed by atoms with van der Waals surface area (Å²) in [5.41, 5.74) is 10.8. The lowest BCUT2D eigenvalue weighted by Crippen LogP contribution is -2.54. The third-order valence-corrected chi connectivity index (χ3v) is 16.0. The number of hydrogen-bond acceptors (Lipinski definition) is 7. The highest BCUT2D eigenvalue weighted by atomic mass is 17.1. The third-order valence-electron chi connectivity index (χ3n) is 16.0. The van der Waals surface area contributed by atoms with E-state index in [1.54, 1.807) is 14.1 Å². The molecule has 0 spiro atoms. The first-order valence-corrected chi connectivity index (χ1v) is 27.6. The number of fused-ring (bicyclic) bond motifs is 5. The average Bonchev–Trinajstić information content (AvgIpc) is 3.69. The lowest BCUT2D eigenvalue weighted by Gasteiger charge is -2.61. The molecule has 442 valence electrons. The van der Waals surface area contributed by atoms with E-state index in [4.69, 9.17) is 19.6 Å². The fourth-order valence-corrected chi connectivity index (χ4v) is 12.1. The van der Waals surface area contributed by atoms with Crippen LogP contribution in [0.15, 0.2) is 30.3 Å². The van der Waals surface area contributed by atoms with Gasteiger partial charge >= 0.3 is 0 Å². The van der Waals surface area contributed by atoms with E-state index in [2.05, 4.69) is 136 Å². The van der Waals surface area contributed by atoms with Crippen LogP contribution in [0.4, 0.5) is 0 Å². The van der Waals surface area contributed by atoms with E-state index < -0.39 is 5.97 Å². The standard InChI is InChI=1S/C29H52O2.C10H14.C9H12.2C3H7NO.2C2H4O2.2C2H6.3CH4/c1-19(2)8-7-9-20(3)25-12-13-26-24-11-10-23-18-22(21(4)31-30)14-16-28(23,5)27(24)15-17-29(25,26)6;1-7-5-9(3)10(4)6-8(7)2;1-7-4-8(2)6-9(3)5-7;2*1-3(5)4-2;1-4-2-3;1-2(3)4;2*1-2;;;/h19-27,30H,7-18H2,1-6H3;5-6H,1-4H3;4-6H,1-3H3;2*1-2H3,(H,4,5);2H,1H3;1H3,(H,3,4);2*1-2H3;3*1H4. The maximum Gasteiger partial charge on any atom is 0.300 e. The highest BCUT2D eigenvalue weighted by Gasteiger charge is 2.60. The molecule has 10 atom stereocenters. The van der Waals surface area contributed by atoms with Gasteiger partial charge in [-0.05, 0) is 194 Å². The van der Waals surface area contributed by atoms with Gasteiger partial charge in [0.15, 0.2) is 0 Å². The fraction of sp³-hybridized carbons (Fsp3) is 0.754. The molecular formula is C65H124N2O8. The zero-order valence-corrected chi connectivity index (χ0v) is 50.5. The molecule has 0 aliphatic heterocycles. The largest absolute Gasteiger partial charge is 0.481 e. The van der Waals surface area contributed by atoms with Crippen LogP contribution in [-0.2, 0) is 28.8 Å². The van der Waals surface area contributed by atoms with Gasteiger partial charge in [-0.3, -0.25) is 24.4 Å². The first-order chi connectivity index (χ1) is 33.7. The Balaban J connectivity index is -0.000000222. The van der Waals surface area contributed by atoms with Crippen molar-refractivity contribution in [2.75, 3.05) is 21.2 Å². The SMILES string of the molecule is C.C.C.CC.CC.CC(=O)O.CC(C)CCCC(C)C1CCC2C3CCC4CC(C(C)OO)CCC4(C)C3CCC12C.CNC(C)=O.CNC(C)=O.COC=O.Cc1cc(C)c(C)cc1C.Cc1cc(C)cc(C)c1. The topological polar surface area (TPSA) is 151 Å². The Kier molecular flexibility index (Phi) is 48.7. The number of ether oxygens (including phenoxy) is 1. The van der Waals surface area contributed by atoms with Gasteiger partial charge in [0.2, 0.25) is 11.8 Å². The van der Waals surface area contributed by atoms with Crippen molar-refractivity contribution < 1.29 is 39.2 Å². The second kappa shape index (κ2) is 44.2. The molecule has 2 aromatic rings. The van der Waals surface area contributed by atoms with Crippen molar-refractivity contribution in [3.05, 3.63) is 69.3 Å². The number of carbonyl (C=O) groups excluding carboxylic acids is 3. The molecule has 4 aliphatic carbocycles. The van der Waals surface area contributed by atoms with Crippen molar-refractivity contribution in [2.24, 2.45) is 58.2 Å². The van der Waals surface area contributed by atoms with Crippen LogP contribution in [0.25, 0.3) is 0 Å². The number of amides is 2. The first-order valence-electron chi connectivity index (χ1n) is 27.6. The monoisotopic (exact) mass is 1060 g/mol. The second-order valence-corrected chi connectivity index (χ2v) is 21.7. The summed E-state index contributed by atoms with van der Waals surface area (Å²) in [6, 6.07) is 11.0. The Morgan fingerprint density at radius 3 is 1.37 bits per heavy atom. The number of carboxylic acid groups (broad SMARTS) is 1. The highest BCUT2D eigenvalue weighted by molar-refractivity contribution is 5.72. The molecule has 75 heavy (non-hydrogen) atoms. The number of aliphatic carboxylic acids is 1. The minimum absolute atomic E-state index is 0. The smallest absolute Gasteiger partial charge is 0.300 e. The van der Waals surface area contributed by atoms with Crippen molar-refractivity contribution >= 4 is 24.3 Å². The molecule has 10 unspecified atom stereocenters. The number of hydrogen-bond donors (Lipinski definition) is 4. The van der Waals surface area contributed by atoms with Crippen LogP contribution in [0.2, 0.25) is 0 Å². The third kappa shape index (κ3) is 30.7. The molecule has 4 aliphatic rings. The van der Waals surface area contributed by atoms with Gasteiger partial charge in [0.05, 0.1) is 13.2 Å². The van der Waals surface area contributed by atoms with Crippen LogP contribution in [0.3, 0.4) is 0 Å². The van der Waals surface area contributed by atoms with Crippen molar-refractivity contribution in [3.63, 3.8) is 0 Å². The lowest BCUT2D eigenvalue weighted by molar-refractivity contribution is -0.290. The first kappa shape index (κ1) is 82.6. The number of carbonyl (C=O) groups is 4. The normalized spacial score (nSPS) is 23.5. The number of aryl methyl sites for hydroxylation is 7. The summed E-state index contributed by atoms with van der Waals surface area (Å²) in [6.45, 7) is 42.2. The molecular weight excluding hydrogens is 937 g/mol. The van der Waals surface area contributed by atoms with Gasteiger partial charge in [-0.2, -0.15) is 0 Å². The maximum absolute atomic E-state index is 9.70. The minimum Gasteiger partial charge on any atom is -0.481 e. The van der Waals surface area contributed by atoms with Gasteiger partial charge in [-0.15, -0.1) is 0 Å². The molecule has 4 fully saturated rings. The summed E-state index contributed by atoms with van der Waals surface area (Å²) in [5, 5.41) is 21.4. The Hall–Kier alpha value is -3.76. The molecule has 0 aromatic heterocycles. The average molecular weight is 1060 g/mol. The van der Waals surface area contributed by atoms with Crippen LogP contribution in [-0.4, -0.2) is 61.9 Å². The molecule has 0 bridgehead atoms. The number of methoxy groups -OCH3 is 1. The number of nitrogens with one attached hydrogen (secondary N) is 2. The van der Waals surface area contributed by atoms with Crippen LogP contribution < -0.4 is 10.6 Å². The van der Waals surface area contributed by atoms with Crippen molar-refractivity contribution in [1.29, 1.82) is 0 Å². The predicted octanol–water partition coefficient (Wildman–Crippen LogP) is 17.5. The van der Waals surface area contributed by atoms with Gasteiger partial charge < -0.3 is 20.5 Å². The molecule has 2 amide bonds. The number of benzene rings is 2. The van der Waals surface area contributed by atoms with Gasteiger partial charge in [0, 0.05) is 34.9 Å². The molecule has 0 radical (unpaired) electrons. The highest BCUT2D eigenvalue weighted by Crippen LogP contribution is 2.68. The van der Waals surface area contributed by atoms with Gasteiger partial charge in [-0.1, -0.05) is 151 Å². The van der Waals surface area contributed by atoms with E-state index in [9.17, 15) is 14.8 Å². The summed E-state index contributed by atoms with van der Waals surface area (Å²) in [7, 11) is 4.51. The Labute approximate surface area is 464 Å². The van der Waals surface area contributed by atoms with E-state index in [0.717, 1.165) is 48.3 Å². The summed E-state index contributed by atoms with van der Waals surface area (Å²) in [6.07, 6.45) is 17.0. The summed E-state index contributed by atoms with van der Waals surface area (Å²) in [5.74, 6) is 6.22. The predicted molar refractivity (Wildman–Crippen MR) is 325 cm³/mol. The fourth-order valence-electron chi connectivity index (χ4n) is 12.1. The summed E-state index contributed by atoms with van der Waals surface area (Å²) < 4.78 is 3.86. The van der Waals surface area contributed by atoms with Crippen LogP contribution in [0.5, 0.6) is 0 Å². The van der Waals surface area contributed by atoms with Crippen LogP contribution >= 0.6 is 0 Å². The molecule has 10 heteroatoms.